The van der Waals surface area contributed by atoms with E-state index in [1.54, 1.807) is 0 Å². The Balaban J connectivity index is 2.03. The van der Waals surface area contributed by atoms with Crippen LogP contribution in [0.3, 0.4) is 0 Å². The van der Waals surface area contributed by atoms with Crippen LogP contribution in [0.1, 0.15) is 46.0 Å². The Kier molecular flexibility index (Phi) is 1.36. The maximum atomic E-state index is 12.6. The molecule has 4 fully saturated rings. The van der Waals surface area contributed by atoms with Crippen LogP contribution < -0.4 is 0 Å². The zero-order chi connectivity index (χ0) is 9.27. The van der Waals surface area contributed by atoms with Gasteiger partial charge in [0, 0.05) is 0 Å². The lowest BCUT2D eigenvalue weighted by molar-refractivity contribution is -0.242. The molecule has 1 radical (unpaired) electrons. The summed E-state index contributed by atoms with van der Waals surface area (Å²) in [6.45, 7) is 4.45. The fourth-order valence-electron chi connectivity index (χ4n) is 4.40. The van der Waals surface area contributed by atoms with E-state index in [1.165, 1.54) is 19.3 Å². The van der Waals surface area contributed by atoms with Gasteiger partial charge in [-0.15, -0.1) is 0 Å². The van der Waals surface area contributed by atoms with Crippen molar-refractivity contribution < 1.29 is 5.11 Å². The molecule has 4 aliphatic rings. The molecule has 0 N–H and O–H groups in total. The van der Waals surface area contributed by atoms with Crippen molar-refractivity contribution in [1.29, 1.82) is 0 Å². The first-order valence-electron chi connectivity index (χ1n) is 5.72. The van der Waals surface area contributed by atoms with E-state index in [9.17, 15) is 5.11 Å². The fraction of sp³-hybridized carbons (Fsp3) is 1.00. The van der Waals surface area contributed by atoms with Crippen LogP contribution in [-0.2, 0) is 5.11 Å². The molecule has 0 aliphatic heterocycles. The summed E-state index contributed by atoms with van der Waals surface area (Å²) in [5, 5.41) is 12.6. The molecule has 4 rings (SSSR count). The molecule has 0 aromatic rings. The standard InChI is InChI=1S/C12H19O/c1-11(2)10-4-8-3-9(5-10)7-12(11,13)6-8/h8-10H,3-7H2,1-2H3. The summed E-state index contributed by atoms with van der Waals surface area (Å²) < 4.78 is 0. The second-order valence-corrected chi connectivity index (χ2v) is 6.26. The van der Waals surface area contributed by atoms with E-state index in [-0.39, 0.29) is 5.41 Å². The average Bonchev–Trinajstić information content (AvgIpc) is 1.99. The lowest BCUT2D eigenvalue weighted by Gasteiger charge is -2.62. The van der Waals surface area contributed by atoms with E-state index in [4.69, 9.17) is 0 Å². The van der Waals surface area contributed by atoms with Crippen LogP contribution in [0.15, 0.2) is 0 Å². The minimum absolute atomic E-state index is 0.0838. The molecule has 4 saturated carbocycles. The minimum Gasteiger partial charge on any atom is -0.229 e. The molecule has 4 aliphatic carbocycles. The van der Waals surface area contributed by atoms with Crippen molar-refractivity contribution >= 4 is 0 Å². The SMILES string of the molecule is CC1(C)C2CC3CC(C2)CC1([O])C3. The maximum Gasteiger partial charge on any atom is 0.109 e. The molecule has 0 heterocycles. The molecule has 0 amide bonds. The first kappa shape index (κ1) is 8.28. The van der Waals surface area contributed by atoms with Gasteiger partial charge in [-0.05, 0) is 55.3 Å². The third-order valence-corrected chi connectivity index (χ3v) is 5.33. The summed E-state index contributed by atoms with van der Waals surface area (Å²) in [4.78, 5) is 0. The van der Waals surface area contributed by atoms with E-state index >= 15 is 0 Å². The zero-order valence-electron chi connectivity index (χ0n) is 8.68. The molecule has 0 aromatic carbocycles. The normalized spacial score (nSPS) is 57.0. The lowest BCUT2D eigenvalue weighted by atomic mass is 9.44. The predicted octanol–water partition coefficient (Wildman–Crippen LogP) is 3.02. The smallest absolute Gasteiger partial charge is 0.109 e. The summed E-state index contributed by atoms with van der Waals surface area (Å²) in [6, 6.07) is 0. The van der Waals surface area contributed by atoms with E-state index in [2.05, 4.69) is 13.8 Å². The highest BCUT2D eigenvalue weighted by Crippen LogP contribution is 2.63. The van der Waals surface area contributed by atoms with Crippen LogP contribution in [-0.4, -0.2) is 5.60 Å². The predicted molar refractivity (Wildman–Crippen MR) is 50.8 cm³/mol. The molecule has 0 aromatic heterocycles. The Hall–Kier alpha value is -0.0400. The largest absolute Gasteiger partial charge is 0.229 e. The summed E-state index contributed by atoms with van der Waals surface area (Å²) in [5.41, 5.74) is -0.470. The maximum absolute atomic E-state index is 12.6. The van der Waals surface area contributed by atoms with Crippen LogP contribution in [0.2, 0.25) is 0 Å². The van der Waals surface area contributed by atoms with Gasteiger partial charge in [0.05, 0.1) is 0 Å². The van der Waals surface area contributed by atoms with Crippen LogP contribution in [0, 0.1) is 23.2 Å². The average molecular weight is 179 g/mol. The second kappa shape index (κ2) is 2.13. The van der Waals surface area contributed by atoms with Gasteiger partial charge in [-0.3, -0.25) is 0 Å². The first-order valence-corrected chi connectivity index (χ1v) is 5.72. The van der Waals surface area contributed by atoms with Gasteiger partial charge < -0.3 is 0 Å². The van der Waals surface area contributed by atoms with Crippen LogP contribution in [0.5, 0.6) is 0 Å². The molecule has 0 saturated heterocycles. The van der Waals surface area contributed by atoms with Crippen LogP contribution >= 0.6 is 0 Å². The summed E-state index contributed by atoms with van der Waals surface area (Å²) in [7, 11) is 0. The number of rotatable bonds is 0. The minimum atomic E-state index is -0.554. The molecule has 1 heteroatoms. The van der Waals surface area contributed by atoms with Crippen LogP contribution in [0.25, 0.3) is 0 Å². The van der Waals surface area contributed by atoms with Gasteiger partial charge in [0.15, 0.2) is 0 Å². The van der Waals surface area contributed by atoms with E-state index in [1.807, 2.05) is 0 Å². The Bertz CT molecular complexity index is 230. The molecule has 0 spiro atoms. The number of hydrogen-bond donors (Lipinski definition) is 0. The monoisotopic (exact) mass is 179 g/mol. The van der Waals surface area contributed by atoms with Gasteiger partial charge in [-0.25, -0.2) is 5.11 Å². The van der Waals surface area contributed by atoms with E-state index in [0.29, 0.717) is 0 Å². The van der Waals surface area contributed by atoms with Crippen LogP contribution in [0.4, 0.5) is 0 Å². The zero-order valence-corrected chi connectivity index (χ0v) is 8.68. The van der Waals surface area contributed by atoms with Gasteiger partial charge >= 0.3 is 0 Å². The lowest BCUT2D eigenvalue weighted by Crippen LogP contribution is -2.61. The molecular weight excluding hydrogens is 160 g/mol. The molecule has 73 valence electrons. The molecule has 13 heavy (non-hydrogen) atoms. The Labute approximate surface area is 80.5 Å². The highest BCUT2D eigenvalue weighted by atomic mass is 16.3. The third kappa shape index (κ3) is 0.869. The summed E-state index contributed by atoms with van der Waals surface area (Å²) in [6.07, 6.45) is 6.04. The molecular formula is C12H19O. The van der Waals surface area contributed by atoms with Crippen molar-refractivity contribution in [3.8, 4) is 0 Å². The molecule has 2 atom stereocenters. The molecule has 1 nitrogen and oxygen atoms in total. The van der Waals surface area contributed by atoms with Crippen molar-refractivity contribution in [1.82, 2.24) is 0 Å². The van der Waals surface area contributed by atoms with Gasteiger partial charge in [0.25, 0.3) is 0 Å². The Morgan fingerprint density at radius 2 is 1.54 bits per heavy atom. The van der Waals surface area contributed by atoms with Crippen molar-refractivity contribution in [3.05, 3.63) is 0 Å². The third-order valence-electron chi connectivity index (χ3n) is 5.33. The van der Waals surface area contributed by atoms with Gasteiger partial charge in [0.2, 0.25) is 0 Å². The van der Waals surface area contributed by atoms with Crippen molar-refractivity contribution in [2.24, 2.45) is 23.2 Å². The van der Waals surface area contributed by atoms with Gasteiger partial charge in [0.1, 0.15) is 5.60 Å². The summed E-state index contributed by atoms with van der Waals surface area (Å²) >= 11 is 0. The first-order chi connectivity index (χ1) is 6.01. The quantitative estimate of drug-likeness (QED) is 0.544. The van der Waals surface area contributed by atoms with Gasteiger partial charge in [-0.2, -0.15) is 0 Å². The highest BCUT2D eigenvalue weighted by molar-refractivity contribution is 5.10. The van der Waals surface area contributed by atoms with E-state index < -0.39 is 5.60 Å². The fourth-order valence-corrected chi connectivity index (χ4v) is 4.40. The topological polar surface area (TPSA) is 19.9 Å². The van der Waals surface area contributed by atoms with E-state index in [0.717, 1.165) is 30.6 Å². The highest BCUT2D eigenvalue weighted by Gasteiger charge is 2.61. The number of hydrogen-bond acceptors (Lipinski definition) is 0. The van der Waals surface area contributed by atoms with Crippen molar-refractivity contribution in [2.75, 3.05) is 0 Å². The second-order valence-electron chi connectivity index (χ2n) is 6.26. The Morgan fingerprint density at radius 3 is 2.00 bits per heavy atom. The molecule has 4 bridgehead atoms. The molecule has 2 unspecified atom stereocenters. The summed E-state index contributed by atoms with van der Waals surface area (Å²) in [5.74, 6) is 2.34. The van der Waals surface area contributed by atoms with Crippen molar-refractivity contribution in [3.63, 3.8) is 0 Å². The van der Waals surface area contributed by atoms with Gasteiger partial charge in [-0.1, -0.05) is 13.8 Å². The Morgan fingerprint density at radius 1 is 1.00 bits per heavy atom. The van der Waals surface area contributed by atoms with Crippen molar-refractivity contribution in [2.45, 2.75) is 51.6 Å².